The van der Waals surface area contributed by atoms with Gasteiger partial charge in [-0.1, -0.05) is 24.3 Å². The fourth-order valence-corrected chi connectivity index (χ4v) is 2.31. The summed E-state index contributed by atoms with van der Waals surface area (Å²) >= 11 is 0. The molecule has 20 heavy (non-hydrogen) atoms. The second-order valence-electron chi connectivity index (χ2n) is 4.73. The Bertz CT molecular complexity index is 608. The molecule has 0 unspecified atom stereocenters. The highest BCUT2D eigenvalue weighted by Gasteiger charge is 2.15. The van der Waals surface area contributed by atoms with Crippen molar-refractivity contribution < 1.29 is 13.9 Å². The van der Waals surface area contributed by atoms with Gasteiger partial charge >= 0.3 is 0 Å². The fourth-order valence-electron chi connectivity index (χ4n) is 2.31. The van der Waals surface area contributed by atoms with Crippen LogP contribution in [0.25, 0.3) is 0 Å². The molecule has 1 N–H and O–H groups in total. The Labute approximate surface area is 117 Å². The number of hydrogen-bond acceptors (Lipinski definition) is 3. The first kappa shape index (κ1) is 12.8. The second-order valence-corrected chi connectivity index (χ2v) is 4.73. The molecule has 1 heterocycles. The lowest BCUT2D eigenvalue weighted by atomic mass is 10.1. The van der Waals surface area contributed by atoms with E-state index in [1.54, 1.807) is 6.07 Å². The first-order valence-electron chi connectivity index (χ1n) is 6.62. The highest BCUT2D eigenvalue weighted by Crippen LogP contribution is 2.34. The van der Waals surface area contributed by atoms with Crippen LogP contribution in [0, 0.1) is 12.7 Å². The van der Waals surface area contributed by atoms with E-state index in [1.807, 2.05) is 31.2 Å². The van der Waals surface area contributed by atoms with Gasteiger partial charge in [0.15, 0.2) is 11.5 Å². The molecule has 0 spiro atoms. The third kappa shape index (κ3) is 2.41. The Hall–Kier alpha value is -2.23. The zero-order valence-corrected chi connectivity index (χ0v) is 11.3. The molecule has 0 atom stereocenters. The number of hydrogen-bond donors (Lipinski definition) is 1. The summed E-state index contributed by atoms with van der Waals surface area (Å²) in [6.45, 7) is 3.48. The normalized spacial score (nSPS) is 13.1. The minimum absolute atomic E-state index is 0.244. The van der Waals surface area contributed by atoms with Crippen molar-refractivity contribution in [3.63, 3.8) is 0 Å². The highest BCUT2D eigenvalue weighted by molar-refractivity contribution is 5.54. The molecule has 4 heteroatoms. The van der Waals surface area contributed by atoms with Crippen molar-refractivity contribution in [2.75, 3.05) is 18.5 Å². The van der Waals surface area contributed by atoms with E-state index in [9.17, 15) is 4.39 Å². The van der Waals surface area contributed by atoms with Crippen LogP contribution < -0.4 is 14.8 Å². The largest absolute Gasteiger partial charge is 0.486 e. The van der Waals surface area contributed by atoms with Crippen LogP contribution in [0.15, 0.2) is 36.4 Å². The van der Waals surface area contributed by atoms with Gasteiger partial charge in [0.25, 0.3) is 0 Å². The molecule has 1 aliphatic heterocycles. The molecular formula is C16H16FNO2. The van der Waals surface area contributed by atoms with E-state index in [4.69, 9.17) is 9.47 Å². The average Bonchev–Trinajstić information content (AvgIpc) is 2.47. The lowest BCUT2D eigenvalue weighted by molar-refractivity contribution is 0.170. The lowest BCUT2D eigenvalue weighted by Gasteiger charge is -2.21. The van der Waals surface area contributed by atoms with Gasteiger partial charge in [0.05, 0.1) is 5.69 Å². The number of anilines is 1. The summed E-state index contributed by atoms with van der Waals surface area (Å²) in [6, 6.07) is 10.8. The van der Waals surface area contributed by atoms with Crippen LogP contribution in [-0.4, -0.2) is 13.2 Å². The van der Waals surface area contributed by atoms with E-state index in [0.29, 0.717) is 25.4 Å². The van der Waals surface area contributed by atoms with Crippen LogP contribution in [0.4, 0.5) is 10.1 Å². The third-order valence-corrected chi connectivity index (χ3v) is 3.33. The molecule has 0 saturated carbocycles. The highest BCUT2D eigenvalue weighted by atomic mass is 19.1. The molecule has 0 aromatic heterocycles. The minimum atomic E-state index is -0.244. The molecule has 2 aromatic rings. The summed E-state index contributed by atoms with van der Waals surface area (Å²) in [5.41, 5.74) is 2.37. The van der Waals surface area contributed by atoms with Crippen LogP contribution in [-0.2, 0) is 6.54 Å². The van der Waals surface area contributed by atoms with Gasteiger partial charge in [0.2, 0.25) is 0 Å². The maximum atomic E-state index is 13.8. The zero-order chi connectivity index (χ0) is 13.9. The first-order chi connectivity index (χ1) is 9.75. The topological polar surface area (TPSA) is 30.5 Å². The first-order valence-corrected chi connectivity index (χ1v) is 6.62. The predicted molar refractivity (Wildman–Crippen MR) is 75.9 cm³/mol. The summed E-state index contributed by atoms with van der Waals surface area (Å²) < 4.78 is 25.0. The quantitative estimate of drug-likeness (QED) is 0.928. The third-order valence-electron chi connectivity index (χ3n) is 3.33. The van der Waals surface area contributed by atoms with Gasteiger partial charge in [0, 0.05) is 12.1 Å². The van der Waals surface area contributed by atoms with Gasteiger partial charge in [0.1, 0.15) is 19.0 Å². The SMILES string of the molecule is Cc1cccc(F)c1NCc1cccc2c1OCCO2. The molecule has 0 fully saturated rings. The molecule has 0 amide bonds. The Kier molecular flexibility index (Phi) is 3.46. The minimum Gasteiger partial charge on any atom is -0.486 e. The average molecular weight is 273 g/mol. The number of aryl methyl sites for hydroxylation is 1. The Balaban J connectivity index is 1.82. The molecular weight excluding hydrogens is 257 g/mol. The van der Waals surface area contributed by atoms with Gasteiger partial charge < -0.3 is 14.8 Å². The number of ether oxygens (including phenoxy) is 2. The number of benzene rings is 2. The molecule has 0 bridgehead atoms. The number of halogens is 1. The number of rotatable bonds is 3. The van der Waals surface area contributed by atoms with Crippen LogP contribution in [0.2, 0.25) is 0 Å². The Morgan fingerprint density at radius 3 is 2.75 bits per heavy atom. The van der Waals surface area contributed by atoms with Gasteiger partial charge in [-0.15, -0.1) is 0 Å². The number of fused-ring (bicyclic) bond motifs is 1. The van der Waals surface area contributed by atoms with Crippen molar-refractivity contribution in [1.29, 1.82) is 0 Å². The van der Waals surface area contributed by atoms with E-state index in [1.165, 1.54) is 6.07 Å². The van der Waals surface area contributed by atoms with Crippen molar-refractivity contribution in [2.45, 2.75) is 13.5 Å². The summed E-state index contributed by atoms with van der Waals surface area (Å²) in [7, 11) is 0. The summed E-state index contributed by atoms with van der Waals surface area (Å²) in [4.78, 5) is 0. The Morgan fingerprint density at radius 2 is 1.90 bits per heavy atom. The van der Waals surface area contributed by atoms with E-state index in [0.717, 1.165) is 22.6 Å². The van der Waals surface area contributed by atoms with E-state index in [2.05, 4.69) is 5.32 Å². The zero-order valence-electron chi connectivity index (χ0n) is 11.3. The van der Waals surface area contributed by atoms with Crippen LogP contribution >= 0.6 is 0 Å². The van der Waals surface area contributed by atoms with E-state index >= 15 is 0 Å². The maximum absolute atomic E-state index is 13.8. The standard InChI is InChI=1S/C16H16FNO2/c1-11-4-2-6-13(17)15(11)18-10-12-5-3-7-14-16(12)20-9-8-19-14/h2-7,18H,8-10H2,1H3. The summed E-state index contributed by atoms with van der Waals surface area (Å²) in [5, 5.41) is 3.14. The second kappa shape index (κ2) is 5.41. The van der Waals surface area contributed by atoms with Crippen molar-refractivity contribution in [3.05, 3.63) is 53.3 Å². The molecule has 0 saturated heterocycles. The lowest BCUT2D eigenvalue weighted by Crippen LogP contribution is -2.17. The van der Waals surface area contributed by atoms with Crippen LogP contribution in [0.5, 0.6) is 11.5 Å². The van der Waals surface area contributed by atoms with Crippen molar-refractivity contribution in [1.82, 2.24) is 0 Å². The molecule has 3 nitrogen and oxygen atoms in total. The fraction of sp³-hybridized carbons (Fsp3) is 0.250. The smallest absolute Gasteiger partial charge is 0.166 e. The molecule has 3 rings (SSSR count). The molecule has 0 aliphatic carbocycles. The van der Waals surface area contributed by atoms with Gasteiger partial charge in [-0.2, -0.15) is 0 Å². The summed E-state index contributed by atoms with van der Waals surface area (Å²) in [5.74, 6) is 1.26. The monoisotopic (exact) mass is 273 g/mol. The molecule has 0 radical (unpaired) electrons. The Morgan fingerprint density at radius 1 is 1.10 bits per heavy atom. The van der Waals surface area contributed by atoms with E-state index < -0.39 is 0 Å². The van der Waals surface area contributed by atoms with Crippen molar-refractivity contribution in [2.24, 2.45) is 0 Å². The number of nitrogens with one attached hydrogen (secondary N) is 1. The van der Waals surface area contributed by atoms with Crippen LogP contribution in [0.1, 0.15) is 11.1 Å². The van der Waals surface area contributed by atoms with Crippen molar-refractivity contribution in [3.8, 4) is 11.5 Å². The molecule has 2 aromatic carbocycles. The predicted octanol–water partition coefficient (Wildman–Crippen LogP) is 3.52. The van der Waals surface area contributed by atoms with Gasteiger partial charge in [-0.05, 0) is 24.6 Å². The van der Waals surface area contributed by atoms with E-state index in [-0.39, 0.29) is 5.82 Å². The number of para-hydroxylation sites is 2. The molecule has 104 valence electrons. The van der Waals surface area contributed by atoms with Gasteiger partial charge in [-0.3, -0.25) is 0 Å². The summed E-state index contributed by atoms with van der Waals surface area (Å²) in [6.07, 6.45) is 0. The molecule has 1 aliphatic rings. The van der Waals surface area contributed by atoms with Crippen molar-refractivity contribution >= 4 is 5.69 Å². The maximum Gasteiger partial charge on any atom is 0.166 e. The van der Waals surface area contributed by atoms with Crippen LogP contribution in [0.3, 0.4) is 0 Å². The van der Waals surface area contributed by atoms with Gasteiger partial charge in [-0.25, -0.2) is 4.39 Å².